The Morgan fingerprint density at radius 1 is 1.22 bits per heavy atom. The molecule has 32 heavy (non-hydrogen) atoms. The van der Waals surface area contributed by atoms with Crippen LogP contribution in [0.1, 0.15) is 52.4 Å². The number of fused-ring (bicyclic) bond motifs is 1. The molecule has 1 unspecified atom stereocenters. The van der Waals surface area contributed by atoms with Crippen molar-refractivity contribution in [1.82, 2.24) is 9.78 Å². The number of hydrogen-bond acceptors (Lipinski definition) is 5. The smallest absolute Gasteiger partial charge is 0.250 e. The number of amides is 1. The summed E-state index contributed by atoms with van der Waals surface area (Å²) in [5, 5.41) is 7.88. The second-order valence-corrected chi connectivity index (χ2v) is 10.3. The first-order valence-electron chi connectivity index (χ1n) is 10.3. The number of primary amides is 1. The molecule has 0 spiro atoms. The number of carbonyl (C=O) groups excluding carboxylic acids is 2. The molecule has 7 nitrogen and oxygen atoms in total. The third-order valence-electron chi connectivity index (χ3n) is 5.68. The molecule has 166 valence electrons. The number of nitrogens with zero attached hydrogens (tertiary/aromatic N) is 2. The van der Waals surface area contributed by atoms with E-state index in [9.17, 15) is 14.1 Å². The second-order valence-electron chi connectivity index (χ2n) is 8.96. The fourth-order valence-corrected chi connectivity index (χ4v) is 4.81. The van der Waals surface area contributed by atoms with Crippen LogP contribution in [0.4, 0.5) is 11.4 Å². The van der Waals surface area contributed by atoms with E-state index in [4.69, 9.17) is 5.73 Å². The Hall–Kier alpha value is -3.10. The summed E-state index contributed by atoms with van der Waals surface area (Å²) in [6, 6.07) is 12.4. The van der Waals surface area contributed by atoms with Crippen molar-refractivity contribution in [2.45, 2.75) is 38.5 Å². The first kappa shape index (κ1) is 22.1. The van der Waals surface area contributed by atoms with E-state index in [1.165, 1.54) is 0 Å². The largest absolute Gasteiger partial charge is 0.612 e. The molecule has 0 saturated carbocycles. The average molecular weight is 451 g/mol. The molecule has 2 aromatic carbocycles. The highest BCUT2D eigenvalue weighted by atomic mass is 32.2. The van der Waals surface area contributed by atoms with Crippen molar-refractivity contribution in [3.8, 4) is 5.69 Å². The van der Waals surface area contributed by atoms with Crippen molar-refractivity contribution < 1.29 is 14.1 Å². The highest BCUT2D eigenvalue weighted by molar-refractivity contribution is 7.90. The van der Waals surface area contributed by atoms with Crippen LogP contribution in [0, 0.1) is 12.3 Å². The van der Waals surface area contributed by atoms with Crippen molar-refractivity contribution in [2.75, 3.05) is 11.6 Å². The lowest BCUT2D eigenvalue weighted by molar-refractivity contribution is 0.0909. The van der Waals surface area contributed by atoms with Gasteiger partial charge in [-0.2, -0.15) is 5.10 Å². The number of ketones is 1. The second kappa shape index (κ2) is 8.11. The van der Waals surface area contributed by atoms with Gasteiger partial charge < -0.3 is 15.6 Å². The number of anilines is 2. The predicted octanol–water partition coefficient (Wildman–Crippen LogP) is 3.92. The van der Waals surface area contributed by atoms with Crippen molar-refractivity contribution >= 4 is 34.2 Å². The zero-order chi connectivity index (χ0) is 23.2. The van der Waals surface area contributed by atoms with Gasteiger partial charge >= 0.3 is 0 Å². The summed E-state index contributed by atoms with van der Waals surface area (Å²) in [5.74, 6) is -0.458. The first-order chi connectivity index (χ1) is 15.1. The van der Waals surface area contributed by atoms with E-state index < -0.39 is 17.1 Å². The number of nitrogens with two attached hydrogens (primary N) is 1. The summed E-state index contributed by atoms with van der Waals surface area (Å²) in [6.07, 6.45) is 2.83. The molecule has 8 heteroatoms. The Labute approximate surface area is 190 Å². The molecule has 0 bridgehead atoms. The number of carbonyl (C=O) groups is 2. The molecule has 1 amide bonds. The van der Waals surface area contributed by atoms with Crippen LogP contribution in [0.3, 0.4) is 0 Å². The van der Waals surface area contributed by atoms with Gasteiger partial charge in [0, 0.05) is 18.2 Å². The normalized spacial score (nSPS) is 15.8. The minimum absolute atomic E-state index is 0.108. The fourth-order valence-electron chi connectivity index (χ4n) is 4.24. The Kier molecular flexibility index (Phi) is 5.60. The van der Waals surface area contributed by atoms with Crippen LogP contribution in [-0.2, 0) is 17.6 Å². The predicted molar refractivity (Wildman–Crippen MR) is 125 cm³/mol. The topological polar surface area (TPSA) is 113 Å². The maximum absolute atomic E-state index is 12.8. The van der Waals surface area contributed by atoms with Gasteiger partial charge in [0.2, 0.25) is 0 Å². The van der Waals surface area contributed by atoms with E-state index in [-0.39, 0.29) is 11.2 Å². The van der Waals surface area contributed by atoms with Gasteiger partial charge in [0.15, 0.2) is 10.7 Å². The minimum Gasteiger partial charge on any atom is -0.612 e. The van der Waals surface area contributed by atoms with Crippen molar-refractivity contribution in [3.63, 3.8) is 0 Å². The maximum atomic E-state index is 12.8. The summed E-state index contributed by atoms with van der Waals surface area (Å²) in [4.78, 5) is 25.5. The van der Waals surface area contributed by atoms with Gasteiger partial charge in [0.25, 0.3) is 5.91 Å². The molecule has 3 aromatic rings. The Morgan fingerprint density at radius 3 is 2.66 bits per heavy atom. The van der Waals surface area contributed by atoms with Crippen molar-refractivity contribution in [3.05, 3.63) is 65.0 Å². The van der Waals surface area contributed by atoms with Crippen LogP contribution < -0.4 is 11.1 Å². The molecule has 1 heterocycles. The lowest BCUT2D eigenvalue weighted by atomic mass is 9.75. The van der Waals surface area contributed by atoms with Gasteiger partial charge in [-0.1, -0.05) is 19.9 Å². The zero-order valence-corrected chi connectivity index (χ0v) is 19.4. The third-order valence-corrected chi connectivity index (χ3v) is 6.60. The molecule has 0 fully saturated rings. The van der Waals surface area contributed by atoms with Crippen molar-refractivity contribution in [2.24, 2.45) is 11.1 Å². The molecule has 0 saturated heterocycles. The number of rotatable bonds is 5. The molecule has 1 aliphatic rings. The van der Waals surface area contributed by atoms with E-state index in [2.05, 4.69) is 24.3 Å². The Balaban J connectivity index is 1.80. The number of Topliss-reactive ketones (excluding diaryl/α,β-unsaturated/α-hetero) is 1. The maximum Gasteiger partial charge on any atom is 0.250 e. The summed E-state index contributed by atoms with van der Waals surface area (Å²) in [5.41, 5.74) is 9.97. The highest BCUT2D eigenvalue weighted by Gasteiger charge is 2.35. The highest BCUT2D eigenvalue weighted by Crippen LogP contribution is 2.37. The number of hydrogen-bond donors (Lipinski definition) is 2. The monoisotopic (exact) mass is 450 g/mol. The standard InChI is InChI=1S/C24H26N4O3S/c1-14-22-20(12-24(2,3)13-21(22)29)28(27-14)16-8-9-18(23(25)30)19(11-16)26-15-6-5-7-17(10-15)32(4)31/h5-11,26H,12-13H2,1-4H3,(H2,25,30). The number of nitrogens with one attached hydrogen (secondary N) is 1. The van der Waals surface area contributed by atoms with Gasteiger partial charge in [0.1, 0.15) is 6.26 Å². The molecule has 1 aromatic heterocycles. The summed E-state index contributed by atoms with van der Waals surface area (Å²) in [7, 11) is 0. The van der Waals surface area contributed by atoms with Crippen LogP contribution in [0.15, 0.2) is 47.4 Å². The van der Waals surface area contributed by atoms with E-state index in [1.54, 1.807) is 47.3 Å². The van der Waals surface area contributed by atoms with Crippen LogP contribution >= 0.6 is 0 Å². The van der Waals surface area contributed by atoms with Crippen LogP contribution in [0.25, 0.3) is 5.69 Å². The average Bonchev–Trinajstić information content (AvgIpc) is 3.03. The molecule has 1 aliphatic carbocycles. The first-order valence-corrected chi connectivity index (χ1v) is 11.9. The van der Waals surface area contributed by atoms with Gasteiger partial charge in [-0.25, -0.2) is 4.68 Å². The molecule has 1 atom stereocenters. The van der Waals surface area contributed by atoms with E-state index in [0.717, 1.165) is 17.8 Å². The summed E-state index contributed by atoms with van der Waals surface area (Å²) in [6.45, 7) is 6.00. The van der Waals surface area contributed by atoms with Crippen molar-refractivity contribution in [1.29, 1.82) is 0 Å². The lowest BCUT2D eigenvalue weighted by Crippen LogP contribution is -2.28. The molecule has 0 radical (unpaired) electrons. The zero-order valence-electron chi connectivity index (χ0n) is 18.6. The van der Waals surface area contributed by atoms with Gasteiger partial charge in [-0.3, -0.25) is 9.59 Å². The molecular formula is C24H26N4O3S. The van der Waals surface area contributed by atoms with Crippen LogP contribution in [-0.4, -0.2) is 32.3 Å². The summed E-state index contributed by atoms with van der Waals surface area (Å²) >= 11 is -1.13. The quantitative estimate of drug-likeness (QED) is 0.572. The SMILES string of the molecule is Cc1nn(-c2ccc(C(N)=O)c(Nc3cccc([S+](C)[O-])c3)c2)c2c1C(=O)CC(C)(C)C2. The Morgan fingerprint density at radius 2 is 1.97 bits per heavy atom. The molecule has 3 N–H and O–H groups in total. The van der Waals surface area contributed by atoms with Gasteiger partial charge in [-0.05, 0) is 60.3 Å². The number of aryl methyl sites for hydroxylation is 1. The number of benzene rings is 2. The molecule has 0 aliphatic heterocycles. The molecular weight excluding hydrogens is 424 g/mol. The van der Waals surface area contributed by atoms with E-state index >= 15 is 0 Å². The van der Waals surface area contributed by atoms with E-state index in [1.807, 2.05) is 13.0 Å². The van der Waals surface area contributed by atoms with E-state index in [0.29, 0.717) is 39.5 Å². The lowest BCUT2D eigenvalue weighted by Gasteiger charge is -2.29. The third kappa shape index (κ3) is 4.16. The fraction of sp³-hybridized carbons (Fsp3) is 0.292. The molecule has 4 rings (SSSR count). The summed E-state index contributed by atoms with van der Waals surface area (Å²) < 4.78 is 13.6. The van der Waals surface area contributed by atoms with Gasteiger partial charge in [-0.15, -0.1) is 0 Å². The minimum atomic E-state index is -1.13. The Bertz CT molecular complexity index is 1230. The number of aromatic nitrogens is 2. The van der Waals surface area contributed by atoms with Crippen LogP contribution in [0.2, 0.25) is 0 Å². The van der Waals surface area contributed by atoms with Crippen LogP contribution in [0.5, 0.6) is 0 Å². The van der Waals surface area contributed by atoms with Gasteiger partial charge in [0.05, 0.1) is 33.9 Å².